The molecule has 3 aliphatic carbocycles. The molecule has 0 heterocycles. The molecule has 2 saturated carbocycles. The number of benzene rings is 1. The molecule has 0 heteroatoms. The molecule has 27 heavy (non-hydrogen) atoms. The molecule has 1 aromatic rings. The summed E-state index contributed by atoms with van der Waals surface area (Å²) in [5.41, 5.74) is 4.94. The minimum atomic E-state index is 0.885. The van der Waals surface area contributed by atoms with Crippen molar-refractivity contribution in [3.8, 4) is 0 Å². The molecule has 3 aliphatic rings. The molecule has 2 fully saturated rings. The monoisotopic (exact) mass is 364 g/mol. The molecule has 0 aliphatic heterocycles. The maximum Gasteiger partial charge on any atom is -0.0231 e. The summed E-state index contributed by atoms with van der Waals surface area (Å²) >= 11 is 0. The molecule has 2 unspecified atom stereocenters. The predicted octanol–water partition coefficient (Wildman–Crippen LogP) is 7.54. The molecule has 0 radical (unpaired) electrons. The first kappa shape index (κ1) is 19.3. The van der Waals surface area contributed by atoms with E-state index in [9.17, 15) is 0 Å². The van der Waals surface area contributed by atoms with Gasteiger partial charge in [-0.05, 0) is 124 Å². The summed E-state index contributed by atoms with van der Waals surface area (Å²) in [6.45, 7) is 4.49. The molecule has 0 saturated heterocycles. The van der Waals surface area contributed by atoms with Crippen molar-refractivity contribution < 1.29 is 0 Å². The van der Waals surface area contributed by atoms with Crippen LogP contribution in [0.4, 0.5) is 0 Å². The summed E-state index contributed by atoms with van der Waals surface area (Å²) in [4.78, 5) is 0. The van der Waals surface area contributed by atoms with Crippen molar-refractivity contribution >= 4 is 0 Å². The highest BCUT2D eigenvalue weighted by molar-refractivity contribution is 5.34. The average molecular weight is 365 g/mol. The van der Waals surface area contributed by atoms with Crippen LogP contribution < -0.4 is 0 Å². The lowest BCUT2D eigenvalue weighted by atomic mass is 9.61. The van der Waals surface area contributed by atoms with Gasteiger partial charge in [-0.15, -0.1) is 0 Å². The summed E-state index contributed by atoms with van der Waals surface area (Å²) in [6, 6.07) is 7.46. The van der Waals surface area contributed by atoms with Crippen molar-refractivity contribution in [2.75, 3.05) is 0 Å². The fraction of sp³-hybridized carbons (Fsp3) is 0.704. The third-order valence-electron chi connectivity index (χ3n) is 8.18. The van der Waals surface area contributed by atoms with Gasteiger partial charge in [0.05, 0.1) is 0 Å². The number of hydrogen-bond donors (Lipinski definition) is 0. The molecule has 4 rings (SSSR count). The summed E-state index contributed by atoms with van der Waals surface area (Å²) in [6.07, 6.45) is 21.8. The van der Waals surface area contributed by atoms with E-state index in [0.29, 0.717) is 0 Å². The van der Waals surface area contributed by atoms with E-state index in [4.69, 9.17) is 0 Å². The SMILES string of the molecule is CC=C[C@@H]1CC[C@@H]2CC(C3CCc4cc(CCCC)ccc4C3)CC[C@@H]2C1. The molecule has 148 valence electrons. The predicted molar refractivity (Wildman–Crippen MR) is 117 cm³/mol. The summed E-state index contributed by atoms with van der Waals surface area (Å²) < 4.78 is 0. The molecule has 0 bridgehead atoms. The fourth-order valence-corrected chi connectivity index (χ4v) is 6.61. The molecule has 0 N–H and O–H groups in total. The van der Waals surface area contributed by atoms with Gasteiger partial charge in [0.15, 0.2) is 0 Å². The molecular weight excluding hydrogens is 324 g/mol. The van der Waals surface area contributed by atoms with Crippen LogP contribution in [-0.2, 0) is 19.3 Å². The lowest BCUT2D eigenvalue weighted by molar-refractivity contribution is 0.0810. The molecule has 0 nitrogen and oxygen atoms in total. The second-order valence-corrected chi connectivity index (χ2v) is 9.90. The van der Waals surface area contributed by atoms with Crippen LogP contribution in [0.15, 0.2) is 30.4 Å². The molecular formula is C27H40. The Kier molecular flexibility index (Phi) is 6.41. The zero-order chi connectivity index (χ0) is 18.6. The van der Waals surface area contributed by atoms with Crippen LogP contribution in [0, 0.1) is 29.6 Å². The number of fused-ring (bicyclic) bond motifs is 2. The number of hydrogen-bond acceptors (Lipinski definition) is 0. The van der Waals surface area contributed by atoms with Crippen molar-refractivity contribution in [3.63, 3.8) is 0 Å². The lowest BCUT2D eigenvalue weighted by Gasteiger charge is -2.44. The lowest BCUT2D eigenvalue weighted by Crippen LogP contribution is -2.34. The Labute approximate surface area is 167 Å². The molecule has 1 aromatic carbocycles. The van der Waals surface area contributed by atoms with Crippen LogP contribution in [0.1, 0.15) is 88.3 Å². The zero-order valence-electron chi connectivity index (χ0n) is 17.8. The van der Waals surface area contributed by atoms with E-state index < -0.39 is 0 Å². The van der Waals surface area contributed by atoms with E-state index in [1.54, 1.807) is 23.1 Å². The van der Waals surface area contributed by atoms with Crippen LogP contribution in [0.25, 0.3) is 0 Å². The standard InChI is InChI=1S/C27H40/c1-3-5-7-21-9-11-25-19-27(15-13-23(25)17-21)26-14-12-22-16-20(6-4-2)8-10-24(22)18-26/h4,6,9,11,17,20,22,24,26-27H,3,5,7-8,10,12-16,18-19H2,1-2H3/t20-,22-,24-,26?,27?/m1/s1. The van der Waals surface area contributed by atoms with Gasteiger partial charge in [0.2, 0.25) is 0 Å². The second-order valence-electron chi connectivity index (χ2n) is 9.90. The van der Waals surface area contributed by atoms with Gasteiger partial charge in [-0.1, -0.05) is 43.7 Å². The highest BCUT2D eigenvalue weighted by Gasteiger charge is 2.38. The van der Waals surface area contributed by atoms with Crippen LogP contribution in [0.5, 0.6) is 0 Å². The molecule has 0 aromatic heterocycles. The number of rotatable bonds is 5. The van der Waals surface area contributed by atoms with Gasteiger partial charge in [-0.2, -0.15) is 0 Å². The smallest absolute Gasteiger partial charge is 0.0231 e. The van der Waals surface area contributed by atoms with Gasteiger partial charge >= 0.3 is 0 Å². The minimum absolute atomic E-state index is 0.885. The maximum absolute atomic E-state index is 2.54. The van der Waals surface area contributed by atoms with E-state index in [-0.39, 0.29) is 0 Å². The Morgan fingerprint density at radius 2 is 1.67 bits per heavy atom. The van der Waals surface area contributed by atoms with Gasteiger partial charge in [0.1, 0.15) is 0 Å². The Morgan fingerprint density at radius 3 is 2.48 bits per heavy atom. The molecule has 0 amide bonds. The van der Waals surface area contributed by atoms with E-state index in [0.717, 1.165) is 29.6 Å². The van der Waals surface area contributed by atoms with Crippen LogP contribution >= 0.6 is 0 Å². The largest absolute Gasteiger partial charge is 0.0914 e. The van der Waals surface area contributed by atoms with Crippen LogP contribution in [0.3, 0.4) is 0 Å². The first-order chi connectivity index (χ1) is 13.3. The van der Waals surface area contributed by atoms with Crippen molar-refractivity contribution in [3.05, 3.63) is 47.0 Å². The fourth-order valence-electron chi connectivity index (χ4n) is 6.61. The van der Waals surface area contributed by atoms with Crippen molar-refractivity contribution in [2.45, 2.75) is 90.9 Å². The van der Waals surface area contributed by atoms with Crippen molar-refractivity contribution in [1.82, 2.24) is 0 Å². The Hall–Kier alpha value is -1.04. The van der Waals surface area contributed by atoms with Gasteiger partial charge in [0, 0.05) is 0 Å². The second kappa shape index (κ2) is 8.97. The van der Waals surface area contributed by atoms with Gasteiger partial charge in [-0.25, -0.2) is 0 Å². The Morgan fingerprint density at radius 1 is 0.889 bits per heavy atom. The third-order valence-corrected chi connectivity index (χ3v) is 8.18. The van der Waals surface area contributed by atoms with E-state index >= 15 is 0 Å². The topological polar surface area (TPSA) is 0 Å². The quantitative estimate of drug-likeness (QED) is 0.473. The number of allylic oxidation sites excluding steroid dienone is 2. The van der Waals surface area contributed by atoms with E-state index in [1.165, 1.54) is 70.6 Å². The van der Waals surface area contributed by atoms with E-state index in [2.05, 4.69) is 44.2 Å². The van der Waals surface area contributed by atoms with E-state index in [1.807, 2.05) is 0 Å². The van der Waals surface area contributed by atoms with Gasteiger partial charge < -0.3 is 0 Å². The third kappa shape index (κ3) is 4.52. The molecule has 0 spiro atoms. The average Bonchev–Trinajstić information content (AvgIpc) is 2.71. The normalized spacial score (nSPS) is 33.6. The van der Waals surface area contributed by atoms with Gasteiger partial charge in [-0.3, -0.25) is 0 Å². The van der Waals surface area contributed by atoms with Crippen molar-refractivity contribution in [1.29, 1.82) is 0 Å². The Balaban J connectivity index is 1.35. The highest BCUT2D eigenvalue weighted by atomic mass is 14.4. The zero-order valence-corrected chi connectivity index (χ0v) is 17.8. The van der Waals surface area contributed by atoms with Crippen LogP contribution in [-0.4, -0.2) is 0 Å². The summed E-state index contributed by atoms with van der Waals surface area (Å²) in [5.74, 6) is 4.94. The maximum atomic E-state index is 2.54. The van der Waals surface area contributed by atoms with Crippen molar-refractivity contribution in [2.24, 2.45) is 29.6 Å². The first-order valence-electron chi connectivity index (χ1n) is 12.0. The highest BCUT2D eigenvalue weighted by Crippen LogP contribution is 2.48. The number of unbranched alkanes of at least 4 members (excludes halogenated alkanes) is 1. The first-order valence-corrected chi connectivity index (χ1v) is 12.0. The summed E-state index contributed by atoms with van der Waals surface area (Å²) in [7, 11) is 0. The summed E-state index contributed by atoms with van der Waals surface area (Å²) in [5, 5.41) is 0. The molecule has 5 atom stereocenters. The number of aryl methyl sites for hydroxylation is 2. The van der Waals surface area contributed by atoms with Gasteiger partial charge in [0.25, 0.3) is 0 Å². The van der Waals surface area contributed by atoms with Crippen LogP contribution in [0.2, 0.25) is 0 Å². The minimum Gasteiger partial charge on any atom is -0.0914 e. The Bertz CT molecular complexity index is 639.